The van der Waals surface area contributed by atoms with Gasteiger partial charge in [0, 0.05) is 19.5 Å². The van der Waals surface area contributed by atoms with Gasteiger partial charge in [-0.25, -0.2) is 9.48 Å². The first-order chi connectivity index (χ1) is 13.7. The highest BCUT2D eigenvalue weighted by molar-refractivity contribution is 5.75. The van der Waals surface area contributed by atoms with Crippen molar-refractivity contribution in [3.05, 3.63) is 52.2 Å². The van der Waals surface area contributed by atoms with Crippen molar-refractivity contribution < 1.29 is 4.79 Å². The second-order valence-corrected chi connectivity index (χ2v) is 7.79. The number of nitrogens with zero attached hydrogens (tertiary/aromatic N) is 4. The van der Waals surface area contributed by atoms with E-state index in [9.17, 15) is 9.59 Å². The van der Waals surface area contributed by atoms with Gasteiger partial charge in [-0.15, -0.1) is 0 Å². The summed E-state index contributed by atoms with van der Waals surface area (Å²) in [6.07, 6.45) is 6.39. The highest BCUT2D eigenvalue weighted by Gasteiger charge is 2.24. The van der Waals surface area contributed by atoms with Crippen molar-refractivity contribution >= 4 is 5.91 Å². The number of hydrogen-bond acceptors (Lipinski definition) is 4. The fourth-order valence-corrected chi connectivity index (χ4v) is 4.32. The number of rotatable bonds is 6. The summed E-state index contributed by atoms with van der Waals surface area (Å²) < 4.78 is 3.06. The summed E-state index contributed by atoms with van der Waals surface area (Å²) in [5.41, 5.74) is 1.06. The van der Waals surface area contributed by atoms with Crippen LogP contribution in [0.4, 0.5) is 0 Å². The molecule has 1 saturated heterocycles. The Morgan fingerprint density at radius 3 is 2.57 bits per heavy atom. The molecule has 2 aromatic rings. The maximum Gasteiger partial charge on any atom is 0.346 e. The van der Waals surface area contributed by atoms with Crippen LogP contribution in [0.15, 0.2) is 35.1 Å². The van der Waals surface area contributed by atoms with Crippen molar-refractivity contribution in [3.8, 4) is 0 Å². The van der Waals surface area contributed by atoms with E-state index < -0.39 is 0 Å². The molecule has 2 aliphatic rings. The number of nitrogens with one attached hydrogen (secondary N) is 1. The van der Waals surface area contributed by atoms with Crippen LogP contribution in [-0.4, -0.2) is 44.8 Å². The first-order valence-electron chi connectivity index (χ1n) is 10.4. The summed E-state index contributed by atoms with van der Waals surface area (Å²) in [4.78, 5) is 27.5. The molecule has 0 bridgehead atoms. The summed E-state index contributed by atoms with van der Waals surface area (Å²) in [5.74, 6) is 0.657. The van der Waals surface area contributed by atoms with Crippen LogP contribution in [-0.2, 0) is 24.3 Å². The minimum atomic E-state index is -0.161. The summed E-state index contributed by atoms with van der Waals surface area (Å²) in [5, 5.41) is 7.45. The van der Waals surface area contributed by atoms with E-state index >= 15 is 0 Å². The third-order valence-corrected chi connectivity index (χ3v) is 5.83. The van der Waals surface area contributed by atoms with Crippen LogP contribution in [0.1, 0.15) is 49.5 Å². The monoisotopic (exact) mass is 383 g/mol. The third-order valence-electron chi connectivity index (χ3n) is 5.83. The van der Waals surface area contributed by atoms with Crippen molar-refractivity contribution in [3.63, 3.8) is 0 Å². The van der Waals surface area contributed by atoms with Gasteiger partial charge in [0.15, 0.2) is 0 Å². The average Bonchev–Trinajstić information content (AvgIpc) is 3.26. The zero-order valence-corrected chi connectivity index (χ0v) is 16.3. The SMILES string of the molecule is O=C(Cn1nc2n(c1=O)CCCCC2)NCC(c1ccccc1)N1CCCC1. The molecule has 7 nitrogen and oxygen atoms in total. The standard InChI is InChI=1S/C21H29N5O2/c27-20(16-26-21(28)25-14-6-2-5-11-19(25)23-26)22-15-18(24-12-7-8-13-24)17-9-3-1-4-10-17/h1,3-4,9-10,18H,2,5-8,11-16H2,(H,22,27). The Hall–Kier alpha value is -2.41. The molecule has 0 radical (unpaired) electrons. The molecule has 2 aliphatic heterocycles. The Morgan fingerprint density at radius 2 is 1.79 bits per heavy atom. The molecule has 0 aliphatic carbocycles. The molecule has 150 valence electrons. The van der Waals surface area contributed by atoms with Crippen LogP contribution in [0.5, 0.6) is 0 Å². The number of carbonyl (C=O) groups excluding carboxylic acids is 1. The number of amides is 1. The van der Waals surface area contributed by atoms with Crippen molar-refractivity contribution in [2.45, 2.75) is 57.7 Å². The quantitative estimate of drug-likeness (QED) is 0.825. The molecule has 1 N–H and O–H groups in total. The van der Waals surface area contributed by atoms with Gasteiger partial charge in [0.25, 0.3) is 0 Å². The molecule has 4 rings (SSSR count). The van der Waals surface area contributed by atoms with Gasteiger partial charge in [-0.1, -0.05) is 36.8 Å². The fraction of sp³-hybridized carbons (Fsp3) is 0.571. The van der Waals surface area contributed by atoms with Crippen LogP contribution in [0.25, 0.3) is 0 Å². The molecule has 3 heterocycles. The maximum atomic E-state index is 12.6. The van der Waals surface area contributed by atoms with Crippen LogP contribution in [0, 0.1) is 0 Å². The zero-order valence-electron chi connectivity index (χ0n) is 16.3. The molecule has 28 heavy (non-hydrogen) atoms. The lowest BCUT2D eigenvalue weighted by atomic mass is 10.1. The van der Waals surface area contributed by atoms with E-state index in [1.165, 1.54) is 23.1 Å². The molecular formula is C21H29N5O2. The summed E-state index contributed by atoms with van der Waals surface area (Å²) in [6, 6.07) is 10.5. The lowest BCUT2D eigenvalue weighted by Crippen LogP contribution is -2.39. The molecule has 0 saturated carbocycles. The Balaban J connectivity index is 1.41. The highest BCUT2D eigenvalue weighted by atomic mass is 16.2. The molecule has 1 aromatic heterocycles. The average molecular weight is 383 g/mol. The van der Waals surface area contributed by atoms with E-state index in [4.69, 9.17) is 0 Å². The lowest BCUT2D eigenvalue weighted by Gasteiger charge is -2.28. The van der Waals surface area contributed by atoms with E-state index in [1.807, 2.05) is 18.2 Å². The Morgan fingerprint density at radius 1 is 1.04 bits per heavy atom. The Labute approximate surface area is 165 Å². The van der Waals surface area contributed by atoms with Gasteiger partial charge in [-0.05, 0) is 44.3 Å². The predicted molar refractivity (Wildman–Crippen MR) is 107 cm³/mol. The molecule has 0 spiro atoms. The molecule has 1 unspecified atom stereocenters. The normalized spacial score (nSPS) is 18.4. The maximum absolute atomic E-state index is 12.6. The third kappa shape index (κ3) is 4.19. The fourth-order valence-electron chi connectivity index (χ4n) is 4.32. The van der Waals surface area contributed by atoms with Crippen molar-refractivity contribution in [2.75, 3.05) is 19.6 Å². The van der Waals surface area contributed by atoms with E-state index in [0.29, 0.717) is 13.1 Å². The van der Waals surface area contributed by atoms with Gasteiger partial charge < -0.3 is 5.32 Å². The minimum absolute atomic E-state index is 0.0135. The number of likely N-dealkylation sites (tertiary alicyclic amines) is 1. The van der Waals surface area contributed by atoms with E-state index in [1.54, 1.807) is 4.57 Å². The van der Waals surface area contributed by atoms with E-state index in [0.717, 1.165) is 44.6 Å². The molecule has 1 atom stereocenters. The van der Waals surface area contributed by atoms with Gasteiger partial charge >= 0.3 is 5.69 Å². The van der Waals surface area contributed by atoms with E-state index in [-0.39, 0.29) is 24.2 Å². The number of carbonyl (C=O) groups is 1. The number of aromatic nitrogens is 3. The summed E-state index contributed by atoms with van der Waals surface area (Å²) in [7, 11) is 0. The molecule has 7 heteroatoms. The number of hydrogen-bond donors (Lipinski definition) is 1. The number of fused-ring (bicyclic) bond motifs is 1. The van der Waals surface area contributed by atoms with Gasteiger partial charge in [0.05, 0.1) is 6.04 Å². The number of aryl methyl sites for hydroxylation is 1. The molecule has 1 fully saturated rings. The first-order valence-corrected chi connectivity index (χ1v) is 10.4. The topological polar surface area (TPSA) is 72.2 Å². The first kappa shape index (κ1) is 18.9. The summed E-state index contributed by atoms with van der Waals surface area (Å²) in [6.45, 7) is 3.36. The largest absolute Gasteiger partial charge is 0.353 e. The van der Waals surface area contributed by atoms with Crippen LogP contribution in [0.3, 0.4) is 0 Å². The lowest BCUT2D eigenvalue weighted by molar-refractivity contribution is -0.122. The molecule has 1 amide bonds. The van der Waals surface area contributed by atoms with Gasteiger partial charge in [-0.2, -0.15) is 5.10 Å². The van der Waals surface area contributed by atoms with Crippen LogP contribution in [0.2, 0.25) is 0 Å². The highest BCUT2D eigenvalue weighted by Crippen LogP contribution is 2.24. The van der Waals surface area contributed by atoms with Gasteiger partial charge in [0.2, 0.25) is 5.91 Å². The molecular weight excluding hydrogens is 354 g/mol. The van der Waals surface area contributed by atoms with Gasteiger partial charge in [-0.3, -0.25) is 14.3 Å². The Kier molecular flexibility index (Phi) is 5.90. The van der Waals surface area contributed by atoms with Crippen molar-refractivity contribution in [1.29, 1.82) is 0 Å². The van der Waals surface area contributed by atoms with Crippen LogP contribution >= 0.6 is 0 Å². The predicted octanol–water partition coefficient (Wildman–Crippen LogP) is 1.72. The summed E-state index contributed by atoms with van der Waals surface area (Å²) >= 11 is 0. The number of benzene rings is 1. The zero-order chi connectivity index (χ0) is 19.3. The van der Waals surface area contributed by atoms with Crippen LogP contribution < -0.4 is 11.0 Å². The second kappa shape index (κ2) is 8.73. The minimum Gasteiger partial charge on any atom is -0.353 e. The van der Waals surface area contributed by atoms with Gasteiger partial charge in [0.1, 0.15) is 12.4 Å². The van der Waals surface area contributed by atoms with Crippen molar-refractivity contribution in [2.24, 2.45) is 0 Å². The second-order valence-electron chi connectivity index (χ2n) is 7.79. The van der Waals surface area contributed by atoms with E-state index in [2.05, 4.69) is 27.4 Å². The molecule has 1 aromatic carbocycles. The Bertz CT molecular complexity index is 851. The van der Waals surface area contributed by atoms with Crippen molar-refractivity contribution in [1.82, 2.24) is 24.6 Å². The smallest absolute Gasteiger partial charge is 0.346 e.